The molecule has 76 valence electrons. The Kier molecular flexibility index (Phi) is 5.88. The summed E-state index contributed by atoms with van der Waals surface area (Å²) < 4.78 is 5.03. The largest absolute Gasteiger partial charge is 0.370 e. The van der Waals surface area contributed by atoms with Crippen LogP contribution in [0.4, 0.5) is 0 Å². The van der Waals surface area contributed by atoms with Crippen LogP contribution in [0.5, 0.6) is 0 Å². The van der Waals surface area contributed by atoms with E-state index in [1.165, 1.54) is 0 Å². The van der Waals surface area contributed by atoms with E-state index < -0.39 is 5.91 Å². The Morgan fingerprint density at radius 3 is 2.54 bits per heavy atom. The summed E-state index contributed by atoms with van der Waals surface area (Å²) in [4.78, 5) is 21.2. The minimum atomic E-state index is -0.426. The van der Waals surface area contributed by atoms with Gasteiger partial charge in [-0.05, 0) is 13.8 Å². The smallest absolute Gasteiger partial charge is 0.246 e. The fourth-order valence-electron chi connectivity index (χ4n) is 0.619. The van der Waals surface area contributed by atoms with Crippen molar-refractivity contribution in [3.05, 3.63) is 0 Å². The molecule has 0 saturated heterocycles. The minimum Gasteiger partial charge on any atom is -0.370 e. The predicted molar refractivity (Wildman–Crippen MR) is 47.9 cm³/mol. The van der Waals surface area contributed by atoms with Gasteiger partial charge in [0.05, 0.1) is 6.10 Å². The third-order valence-corrected chi connectivity index (χ3v) is 1.24. The SMILES string of the molecule is CC(C)OCC(=O)NCCC(N)=O. The zero-order valence-corrected chi connectivity index (χ0v) is 8.00. The average Bonchev–Trinajstić information content (AvgIpc) is 2.00. The van der Waals surface area contributed by atoms with Gasteiger partial charge in [0.1, 0.15) is 6.61 Å². The van der Waals surface area contributed by atoms with Gasteiger partial charge in [-0.2, -0.15) is 0 Å². The standard InChI is InChI=1S/C8H16N2O3/c1-6(2)13-5-8(12)10-4-3-7(9)11/h6H,3-5H2,1-2H3,(H2,9,11)(H,10,12). The molecule has 0 rings (SSSR count). The first-order valence-corrected chi connectivity index (χ1v) is 4.19. The Morgan fingerprint density at radius 2 is 2.08 bits per heavy atom. The first kappa shape index (κ1) is 11.9. The molecule has 2 amide bonds. The molecule has 0 saturated carbocycles. The number of nitrogens with two attached hydrogens (primary N) is 1. The molecule has 0 aliphatic carbocycles. The van der Waals surface area contributed by atoms with E-state index >= 15 is 0 Å². The molecule has 0 aliphatic rings. The summed E-state index contributed by atoms with van der Waals surface area (Å²) in [5.74, 6) is -0.653. The van der Waals surface area contributed by atoms with E-state index in [0.29, 0.717) is 0 Å². The monoisotopic (exact) mass is 188 g/mol. The van der Waals surface area contributed by atoms with Crippen LogP contribution in [0.2, 0.25) is 0 Å². The molecule has 13 heavy (non-hydrogen) atoms. The summed E-state index contributed by atoms with van der Waals surface area (Å²) in [6.45, 7) is 3.99. The zero-order chi connectivity index (χ0) is 10.3. The number of hydrogen-bond acceptors (Lipinski definition) is 3. The Bertz CT molecular complexity index is 180. The van der Waals surface area contributed by atoms with Gasteiger partial charge in [-0.15, -0.1) is 0 Å². The minimum absolute atomic E-state index is 0.0242. The molecular weight excluding hydrogens is 172 g/mol. The van der Waals surface area contributed by atoms with E-state index in [0.717, 1.165) is 0 Å². The van der Waals surface area contributed by atoms with Gasteiger partial charge < -0.3 is 15.8 Å². The summed E-state index contributed by atoms with van der Waals surface area (Å²) in [7, 11) is 0. The normalized spacial score (nSPS) is 10.1. The molecule has 0 radical (unpaired) electrons. The van der Waals surface area contributed by atoms with Crippen LogP contribution in [0, 0.1) is 0 Å². The van der Waals surface area contributed by atoms with Crippen LogP contribution in [0.15, 0.2) is 0 Å². The van der Waals surface area contributed by atoms with Gasteiger partial charge in [0.15, 0.2) is 0 Å². The second-order valence-electron chi connectivity index (χ2n) is 2.93. The molecular formula is C8H16N2O3. The highest BCUT2D eigenvalue weighted by atomic mass is 16.5. The molecule has 0 aromatic rings. The van der Waals surface area contributed by atoms with E-state index in [1.807, 2.05) is 13.8 Å². The maximum atomic E-state index is 10.9. The molecule has 0 unspecified atom stereocenters. The van der Waals surface area contributed by atoms with Gasteiger partial charge in [0.2, 0.25) is 11.8 Å². The van der Waals surface area contributed by atoms with Gasteiger partial charge in [0, 0.05) is 13.0 Å². The van der Waals surface area contributed by atoms with Crippen LogP contribution in [-0.4, -0.2) is 31.1 Å². The highest BCUT2D eigenvalue weighted by Gasteiger charge is 2.02. The van der Waals surface area contributed by atoms with Crippen molar-refractivity contribution in [2.75, 3.05) is 13.2 Å². The number of nitrogens with one attached hydrogen (secondary N) is 1. The molecule has 0 aromatic heterocycles. The topological polar surface area (TPSA) is 81.4 Å². The van der Waals surface area contributed by atoms with E-state index in [1.54, 1.807) is 0 Å². The summed E-state index contributed by atoms with van der Waals surface area (Å²) in [5.41, 5.74) is 4.88. The van der Waals surface area contributed by atoms with Crippen molar-refractivity contribution in [2.24, 2.45) is 5.73 Å². The molecule has 3 N–H and O–H groups in total. The van der Waals surface area contributed by atoms with Crippen LogP contribution in [0.3, 0.4) is 0 Å². The number of ether oxygens (including phenoxy) is 1. The van der Waals surface area contributed by atoms with Crippen molar-refractivity contribution in [1.82, 2.24) is 5.32 Å². The lowest BCUT2D eigenvalue weighted by Gasteiger charge is -2.07. The van der Waals surface area contributed by atoms with Crippen LogP contribution in [-0.2, 0) is 14.3 Å². The average molecular weight is 188 g/mol. The summed E-state index contributed by atoms with van der Waals surface area (Å²) in [5, 5.41) is 2.50. The van der Waals surface area contributed by atoms with Gasteiger partial charge in [-0.1, -0.05) is 0 Å². The van der Waals surface area contributed by atoms with E-state index in [9.17, 15) is 9.59 Å². The maximum absolute atomic E-state index is 10.9. The first-order chi connectivity index (χ1) is 6.02. The molecule has 0 aromatic carbocycles. The second-order valence-corrected chi connectivity index (χ2v) is 2.93. The molecule has 5 nitrogen and oxygen atoms in total. The zero-order valence-electron chi connectivity index (χ0n) is 8.00. The molecule has 0 spiro atoms. The quantitative estimate of drug-likeness (QED) is 0.584. The molecule has 0 bridgehead atoms. The van der Waals surface area contributed by atoms with Crippen molar-refractivity contribution in [3.63, 3.8) is 0 Å². The van der Waals surface area contributed by atoms with Crippen molar-refractivity contribution >= 4 is 11.8 Å². The van der Waals surface area contributed by atoms with Crippen LogP contribution in [0.25, 0.3) is 0 Å². The number of carbonyl (C=O) groups excluding carboxylic acids is 2. The number of hydrogen-bond donors (Lipinski definition) is 2. The lowest BCUT2D eigenvalue weighted by molar-refractivity contribution is -0.127. The van der Waals surface area contributed by atoms with Crippen LogP contribution >= 0.6 is 0 Å². The van der Waals surface area contributed by atoms with E-state index in [2.05, 4.69) is 5.32 Å². The summed E-state index contributed by atoms with van der Waals surface area (Å²) >= 11 is 0. The summed E-state index contributed by atoms with van der Waals surface area (Å²) in [6.07, 6.45) is 0.190. The molecule has 0 atom stereocenters. The highest BCUT2D eigenvalue weighted by molar-refractivity contribution is 5.78. The van der Waals surface area contributed by atoms with Gasteiger partial charge in [0.25, 0.3) is 0 Å². The van der Waals surface area contributed by atoms with E-state index in [-0.39, 0.29) is 31.6 Å². The Morgan fingerprint density at radius 1 is 1.46 bits per heavy atom. The molecule has 0 aliphatic heterocycles. The Labute approximate surface area is 77.6 Å². The number of primary amides is 1. The number of rotatable bonds is 6. The fraction of sp³-hybridized carbons (Fsp3) is 0.750. The summed E-state index contributed by atoms with van der Waals surface area (Å²) in [6, 6.07) is 0. The highest BCUT2D eigenvalue weighted by Crippen LogP contribution is 1.86. The third kappa shape index (κ3) is 8.81. The van der Waals surface area contributed by atoms with Crippen LogP contribution < -0.4 is 11.1 Å². The molecule has 0 heterocycles. The maximum Gasteiger partial charge on any atom is 0.246 e. The van der Waals surface area contributed by atoms with Gasteiger partial charge in [-0.25, -0.2) is 0 Å². The van der Waals surface area contributed by atoms with Crippen molar-refractivity contribution in [1.29, 1.82) is 0 Å². The number of carbonyl (C=O) groups is 2. The van der Waals surface area contributed by atoms with E-state index in [4.69, 9.17) is 10.5 Å². The Balaban J connectivity index is 3.35. The first-order valence-electron chi connectivity index (χ1n) is 4.19. The van der Waals surface area contributed by atoms with Gasteiger partial charge >= 0.3 is 0 Å². The Hall–Kier alpha value is -1.10. The lowest BCUT2D eigenvalue weighted by Crippen LogP contribution is -2.31. The van der Waals surface area contributed by atoms with Crippen molar-refractivity contribution in [2.45, 2.75) is 26.4 Å². The molecule has 5 heteroatoms. The van der Waals surface area contributed by atoms with Crippen molar-refractivity contribution in [3.8, 4) is 0 Å². The predicted octanol–water partition coefficient (Wildman–Crippen LogP) is -0.597. The van der Waals surface area contributed by atoms with Crippen molar-refractivity contribution < 1.29 is 14.3 Å². The number of amides is 2. The molecule has 0 fully saturated rings. The third-order valence-electron chi connectivity index (χ3n) is 1.24. The second kappa shape index (κ2) is 6.42. The van der Waals surface area contributed by atoms with Crippen LogP contribution in [0.1, 0.15) is 20.3 Å². The fourth-order valence-corrected chi connectivity index (χ4v) is 0.619. The van der Waals surface area contributed by atoms with Gasteiger partial charge in [-0.3, -0.25) is 9.59 Å². The lowest BCUT2D eigenvalue weighted by atomic mass is 10.4.